The van der Waals surface area contributed by atoms with Crippen molar-refractivity contribution in [3.8, 4) is 0 Å². The van der Waals surface area contributed by atoms with Gasteiger partial charge >= 0.3 is 0 Å². The van der Waals surface area contributed by atoms with Crippen molar-refractivity contribution in [1.29, 1.82) is 0 Å². The third kappa shape index (κ3) is 2.66. The molecule has 1 fully saturated rings. The van der Waals surface area contributed by atoms with E-state index in [2.05, 4.69) is 21.4 Å². The summed E-state index contributed by atoms with van der Waals surface area (Å²) in [5.41, 5.74) is 6.73. The second-order valence-corrected chi connectivity index (χ2v) is 5.00. The van der Waals surface area contributed by atoms with Crippen LogP contribution in [0.4, 0.5) is 5.00 Å². The summed E-state index contributed by atoms with van der Waals surface area (Å²) in [6.45, 7) is 5.51. The van der Waals surface area contributed by atoms with Crippen molar-refractivity contribution in [2.24, 2.45) is 5.92 Å². The Morgan fingerprint density at radius 3 is 2.73 bits per heavy atom. The number of anilines is 1. The molecule has 1 aliphatic heterocycles. The number of aromatic nitrogens is 2. The molecular weight excluding hydrogens is 208 g/mol. The van der Waals surface area contributed by atoms with E-state index >= 15 is 0 Å². The molecule has 1 aromatic heterocycles. The van der Waals surface area contributed by atoms with Crippen LogP contribution in [0.2, 0.25) is 0 Å². The van der Waals surface area contributed by atoms with Gasteiger partial charge in [0.1, 0.15) is 10.7 Å². The lowest BCUT2D eigenvalue weighted by Crippen LogP contribution is -2.33. The highest BCUT2D eigenvalue weighted by Crippen LogP contribution is 2.22. The minimum absolute atomic E-state index is 0.771. The van der Waals surface area contributed by atoms with Crippen molar-refractivity contribution in [3.05, 3.63) is 5.69 Å². The average molecular weight is 226 g/mol. The van der Waals surface area contributed by atoms with Crippen molar-refractivity contribution in [2.75, 3.05) is 18.8 Å². The van der Waals surface area contributed by atoms with Gasteiger partial charge in [-0.1, -0.05) is 17.8 Å². The molecule has 2 heterocycles. The van der Waals surface area contributed by atoms with E-state index in [-0.39, 0.29) is 0 Å². The van der Waals surface area contributed by atoms with E-state index in [0.717, 1.165) is 23.2 Å². The summed E-state index contributed by atoms with van der Waals surface area (Å²) in [6, 6.07) is 0. The molecule has 4 nitrogen and oxygen atoms in total. The minimum Gasteiger partial charge on any atom is -0.388 e. The summed E-state index contributed by atoms with van der Waals surface area (Å²) >= 11 is 1.29. The zero-order valence-electron chi connectivity index (χ0n) is 9.15. The van der Waals surface area contributed by atoms with E-state index in [1.165, 1.54) is 43.9 Å². The van der Waals surface area contributed by atoms with Crippen molar-refractivity contribution in [3.63, 3.8) is 0 Å². The maximum absolute atomic E-state index is 5.78. The molecule has 15 heavy (non-hydrogen) atoms. The van der Waals surface area contributed by atoms with E-state index in [9.17, 15) is 0 Å². The van der Waals surface area contributed by atoms with Gasteiger partial charge < -0.3 is 5.73 Å². The minimum atomic E-state index is 0.771. The molecule has 0 aromatic carbocycles. The van der Waals surface area contributed by atoms with Crippen LogP contribution in [-0.2, 0) is 6.54 Å². The van der Waals surface area contributed by atoms with Gasteiger partial charge in [0.05, 0.1) is 0 Å². The van der Waals surface area contributed by atoms with E-state index in [4.69, 9.17) is 5.73 Å². The molecule has 0 radical (unpaired) electrons. The monoisotopic (exact) mass is 226 g/mol. The Morgan fingerprint density at radius 1 is 1.47 bits per heavy atom. The Bertz CT molecular complexity index is 304. The first-order valence-corrected chi connectivity index (χ1v) is 6.36. The van der Waals surface area contributed by atoms with Crippen molar-refractivity contribution >= 4 is 16.5 Å². The number of rotatable bonds is 3. The van der Waals surface area contributed by atoms with Crippen molar-refractivity contribution < 1.29 is 0 Å². The van der Waals surface area contributed by atoms with Gasteiger partial charge in [-0.3, -0.25) is 4.90 Å². The first kappa shape index (κ1) is 10.8. The summed E-state index contributed by atoms with van der Waals surface area (Å²) in [6.07, 6.45) is 3.94. The van der Waals surface area contributed by atoms with Crippen LogP contribution in [0, 0.1) is 5.92 Å². The number of piperidine rings is 1. The Hall–Kier alpha value is -0.680. The topological polar surface area (TPSA) is 55.0 Å². The Labute approximate surface area is 94.6 Å². The number of hydrogen-bond acceptors (Lipinski definition) is 5. The van der Waals surface area contributed by atoms with Gasteiger partial charge in [-0.25, -0.2) is 0 Å². The normalized spacial score (nSPS) is 19.5. The van der Waals surface area contributed by atoms with Crippen LogP contribution in [0.25, 0.3) is 0 Å². The lowest BCUT2D eigenvalue weighted by molar-refractivity contribution is 0.173. The number of hydrogen-bond donors (Lipinski definition) is 1. The summed E-state index contributed by atoms with van der Waals surface area (Å²) in [4.78, 5) is 2.43. The molecule has 0 amide bonds. The van der Waals surface area contributed by atoms with Crippen molar-refractivity contribution in [1.82, 2.24) is 14.5 Å². The number of nitrogen functional groups attached to an aromatic ring is 1. The highest BCUT2D eigenvalue weighted by Gasteiger charge is 2.19. The molecule has 1 saturated heterocycles. The Morgan fingerprint density at radius 2 is 2.20 bits per heavy atom. The van der Waals surface area contributed by atoms with E-state index in [1.54, 1.807) is 0 Å². The highest BCUT2D eigenvalue weighted by molar-refractivity contribution is 7.09. The summed E-state index contributed by atoms with van der Waals surface area (Å²) in [7, 11) is 0. The van der Waals surface area contributed by atoms with Gasteiger partial charge in [-0.15, -0.1) is 5.10 Å². The molecule has 2 rings (SSSR count). The SMILES string of the molecule is CCC1CCN(Cc2nnsc2N)CC1. The van der Waals surface area contributed by atoms with Gasteiger partial charge in [0.25, 0.3) is 0 Å². The molecule has 0 unspecified atom stereocenters. The first-order chi connectivity index (χ1) is 7.29. The van der Waals surface area contributed by atoms with Crippen LogP contribution in [0.3, 0.4) is 0 Å². The fraction of sp³-hybridized carbons (Fsp3) is 0.800. The standard InChI is InChI=1S/C10H18N4S/c1-2-8-3-5-14(6-4-8)7-9-10(11)15-13-12-9/h8H,2-7,11H2,1H3. The molecule has 0 saturated carbocycles. The van der Waals surface area contributed by atoms with Gasteiger partial charge in [0.15, 0.2) is 0 Å². The van der Waals surface area contributed by atoms with Gasteiger partial charge in [-0.2, -0.15) is 0 Å². The zero-order chi connectivity index (χ0) is 10.7. The van der Waals surface area contributed by atoms with Gasteiger partial charge in [0, 0.05) is 18.1 Å². The molecule has 1 aromatic rings. The molecule has 2 N–H and O–H groups in total. The number of likely N-dealkylation sites (tertiary alicyclic amines) is 1. The van der Waals surface area contributed by atoms with E-state index in [1.807, 2.05) is 0 Å². The average Bonchev–Trinajstić information content (AvgIpc) is 2.66. The smallest absolute Gasteiger partial charge is 0.132 e. The van der Waals surface area contributed by atoms with Crippen LogP contribution in [0.5, 0.6) is 0 Å². The summed E-state index contributed by atoms with van der Waals surface area (Å²) < 4.78 is 3.86. The molecule has 0 spiro atoms. The van der Waals surface area contributed by atoms with Crippen LogP contribution in [0.1, 0.15) is 31.9 Å². The predicted molar refractivity (Wildman–Crippen MR) is 62.6 cm³/mol. The van der Waals surface area contributed by atoms with Crippen LogP contribution >= 0.6 is 11.5 Å². The summed E-state index contributed by atoms with van der Waals surface area (Å²) in [5.74, 6) is 0.923. The Balaban J connectivity index is 1.85. The first-order valence-electron chi connectivity index (χ1n) is 5.58. The van der Waals surface area contributed by atoms with Crippen LogP contribution < -0.4 is 5.73 Å². The molecule has 0 atom stereocenters. The fourth-order valence-corrected chi connectivity index (χ4v) is 2.53. The zero-order valence-corrected chi connectivity index (χ0v) is 9.96. The van der Waals surface area contributed by atoms with Crippen molar-refractivity contribution in [2.45, 2.75) is 32.7 Å². The van der Waals surface area contributed by atoms with Gasteiger partial charge in [-0.05, 0) is 31.8 Å². The van der Waals surface area contributed by atoms with E-state index in [0.29, 0.717) is 0 Å². The van der Waals surface area contributed by atoms with Gasteiger partial charge in [0.2, 0.25) is 0 Å². The predicted octanol–water partition coefficient (Wildman–Crippen LogP) is 1.74. The molecular formula is C10H18N4S. The fourth-order valence-electron chi connectivity index (χ4n) is 2.09. The lowest BCUT2D eigenvalue weighted by Gasteiger charge is -2.30. The molecule has 1 aliphatic rings. The molecule has 5 heteroatoms. The summed E-state index contributed by atoms with van der Waals surface area (Å²) in [5, 5.41) is 4.82. The second-order valence-electron chi connectivity index (χ2n) is 4.21. The maximum atomic E-state index is 5.78. The largest absolute Gasteiger partial charge is 0.388 e. The third-order valence-electron chi connectivity index (χ3n) is 3.24. The molecule has 0 bridgehead atoms. The quantitative estimate of drug-likeness (QED) is 0.853. The Kier molecular flexibility index (Phi) is 3.53. The second kappa shape index (κ2) is 4.90. The number of nitrogens with zero attached hydrogens (tertiary/aromatic N) is 3. The lowest BCUT2D eigenvalue weighted by atomic mass is 9.94. The highest BCUT2D eigenvalue weighted by atomic mass is 32.1. The van der Waals surface area contributed by atoms with Crippen LogP contribution in [0.15, 0.2) is 0 Å². The third-order valence-corrected chi connectivity index (χ3v) is 3.84. The van der Waals surface area contributed by atoms with Crippen LogP contribution in [-0.4, -0.2) is 27.6 Å². The maximum Gasteiger partial charge on any atom is 0.132 e. The van der Waals surface area contributed by atoms with E-state index < -0.39 is 0 Å². The molecule has 84 valence electrons. The molecule has 0 aliphatic carbocycles. The number of nitrogens with two attached hydrogens (primary N) is 1.